The molecule has 0 radical (unpaired) electrons. The summed E-state index contributed by atoms with van der Waals surface area (Å²) in [4.78, 5) is 20.4. The average Bonchev–Trinajstić information content (AvgIpc) is 2.59. The molecule has 4 fully saturated rings. The maximum absolute atomic E-state index is 13.0. The molecule has 0 aromatic heterocycles. The van der Waals surface area contributed by atoms with E-state index in [2.05, 4.69) is 14.7 Å². The van der Waals surface area contributed by atoms with Crippen LogP contribution in [0, 0.1) is 0 Å². The summed E-state index contributed by atoms with van der Waals surface area (Å²) in [5.41, 5.74) is 0.949. The Morgan fingerprint density at radius 2 is 1.88 bits per heavy atom. The minimum absolute atomic E-state index is 0.146. The summed E-state index contributed by atoms with van der Waals surface area (Å²) in [5.74, 6) is 0.173. The number of fused-ring (bicyclic) bond motifs is 2. The number of hydrogen-bond acceptors (Lipinski definition) is 4. The van der Waals surface area contributed by atoms with Crippen molar-refractivity contribution in [1.82, 2.24) is 14.7 Å². The maximum Gasteiger partial charge on any atom is 0.253 e. The third kappa shape index (κ3) is 2.60. The molecule has 3 saturated heterocycles. The van der Waals surface area contributed by atoms with Crippen molar-refractivity contribution in [3.05, 3.63) is 35.9 Å². The van der Waals surface area contributed by atoms with Gasteiger partial charge in [-0.2, -0.15) is 0 Å². The largest absolute Gasteiger partial charge is 0.378 e. The zero-order valence-electron chi connectivity index (χ0n) is 14.8. The minimum atomic E-state index is 0.146. The maximum atomic E-state index is 13.0. The molecule has 3 heterocycles. The Kier molecular flexibility index (Phi) is 3.84. The lowest BCUT2D eigenvalue weighted by molar-refractivity contribution is -0.171. The van der Waals surface area contributed by atoms with E-state index in [4.69, 9.17) is 4.74 Å². The predicted molar refractivity (Wildman–Crippen MR) is 95.6 cm³/mol. The summed E-state index contributed by atoms with van der Waals surface area (Å²) < 4.78 is 5.75. The SMILES string of the molecule is O=C(c1ccccc1)N1C[C@@H]2COCCN2C2(C1)CN(C1CCC1)C2. The summed E-state index contributed by atoms with van der Waals surface area (Å²) in [6.07, 6.45) is 4.09. The predicted octanol–water partition coefficient (Wildman–Crippen LogP) is 1.45. The molecule has 0 unspecified atom stereocenters. The molecular formula is C20H27N3O2. The molecule has 1 aromatic rings. The van der Waals surface area contributed by atoms with Crippen LogP contribution in [0.4, 0.5) is 0 Å². The number of amides is 1. The molecule has 1 saturated carbocycles. The van der Waals surface area contributed by atoms with E-state index < -0.39 is 0 Å². The highest BCUT2D eigenvalue weighted by atomic mass is 16.5. The molecule has 1 aliphatic carbocycles. The third-order valence-corrected chi connectivity index (χ3v) is 6.65. The average molecular weight is 341 g/mol. The first-order valence-electron chi connectivity index (χ1n) is 9.68. The zero-order valence-corrected chi connectivity index (χ0v) is 14.8. The van der Waals surface area contributed by atoms with Crippen LogP contribution < -0.4 is 0 Å². The Hall–Kier alpha value is -1.43. The highest BCUT2D eigenvalue weighted by molar-refractivity contribution is 5.94. The summed E-state index contributed by atoms with van der Waals surface area (Å²) >= 11 is 0. The van der Waals surface area contributed by atoms with E-state index in [0.29, 0.717) is 6.04 Å². The highest BCUT2D eigenvalue weighted by Gasteiger charge is 2.56. The van der Waals surface area contributed by atoms with Crippen LogP contribution in [0.2, 0.25) is 0 Å². The molecule has 5 heteroatoms. The zero-order chi connectivity index (χ0) is 16.9. The van der Waals surface area contributed by atoms with Crippen molar-refractivity contribution in [2.45, 2.75) is 36.9 Å². The quantitative estimate of drug-likeness (QED) is 0.816. The van der Waals surface area contributed by atoms with Gasteiger partial charge in [-0.3, -0.25) is 14.6 Å². The summed E-state index contributed by atoms with van der Waals surface area (Å²) in [7, 11) is 0. The van der Waals surface area contributed by atoms with Crippen LogP contribution >= 0.6 is 0 Å². The molecule has 1 atom stereocenters. The molecule has 134 valence electrons. The molecule has 5 nitrogen and oxygen atoms in total. The van der Waals surface area contributed by atoms with E-state index in [-0.39, 0.29) is 11.4 Å². The van der Waals surface area contributed by atoms with Gasteiger partial charge in [0.15, 0.2) is 0 Å². The lowest BCUT2D eigenvalue weighted by Gasteiger charge is -2.65. The normalized spacial score (nSPS) is 29.8. The van der Waals surface area contributed by atoms with Crippen molar-refractivity contribution < 1.29 is 9.53 Å². The fraction of sp³-hybridized carbons (Fsp3) is 0.650. The number of ether oxygens (including phenoxy) is 1. The van der Waals surface area contributed by atoms with Crippen molar-refractivity contribution in [3.63, 3.8) is 0 Å². The second-order valence-corrected chi connectivity index (χ2v) is 8.19. The second-order valence-electron chi connectivity index (χ2n) is 8.19. The minimum Gasteiger partial charge on any atom is -0.378 e. The molecule has 1 amide bonds. The first-order chi connectivity index (χ1) is 12.3. The molecule has 1 aromatic carbocycles. The van der Waals surface area contributed by atoms with Gasteiger partial charge in [-0.05, 0) is 25.0 Å². The Morgan fingerprint density at radius 1 is 1.08 bits per heavy atom. The van der Waals surface area contributed by atoms with E-state index in [9.17, 15) is 4.79 Å². The van der Waals surface area contributed by atoms with Gasteiger partial charge in [-0.15, -0.1) is 0 Å². The molecule has 5 rings (SSSR count). The Balaban J connectivity index is 1.37. The summed E-state index contributed by atoms with van der Waals surface area (Å²) in [5, 5.41) is 0. The van der Waals surface area contributed by atoms with Gasteiger partial charge >= 0.3 is 0 Å². The number of hydrogen-bond donors (Lipinski definition) is 0. The number of likely N-dealkylation sites (tertiary alicyclic amines) is 1. The number of carbonyl (C=O) groups excluding carboxylic acids is 1. The summed E-state index contributed by atoms with van der Waals surface area (Å²) in [6.45, 7) is 6.48. The van der Waals surface area contributed by atoms with E-state index in [1.54, 1.807) is 0 Å². The molecule has 3 aliphatic heterocycles. The second kappa shape index (κ2) is 6.08. The number of nitrogens with zero attached hydrogens (tertiary/aromatic N) is 3. The van der Waals surface area contributed by atoms with Crippen molar-refractivity contribution >= 4 is 5.91 Å². The summed E-state index contributed by atoms with van der Waals surface area (Å²) in [6, 6.07) is 10.9. The first-order valence-corrected chi connectivity index (χ1v) is 9.68. The number of piperazine rings is 1. The van der Waals surface area contributed by atoms with Gasteiger partial charge < -0.3 is 9.64 Å². The molecule has 25 heavy (non-hydrogen) atoms. The smallest absolute Gasteiger partial charge is 0.253 e. The van der Waals surface area contributed by atoms with E-state index in [1.807, 2.05) is 30.3 Å². The number of morpholine rings is 1. The number of rotatable bonds is 2. The topological polar surface area (TPSA) is 36.0 Å². The number of carbonyl (C=O) groups is 1. The van der Waals surface area contributed by atoms with E-state index in [1.165, 1.54) is 19.3 Å². The van der Waals surface area contributed by atoms with Crippen LogP contribution in [-0.2, 0) is 4.74 Å². The van der Waals surface area contributed by atoms with E-state index in [0.717, 1.165) is 57.5 Å². The van der Waals surface area contributed by atoms with Gasteiger partial charge in [-0.25, -0.2) is 0 Å². The van der Waals surface area contributed by atoms with Gasteiger partial charge in [-0.1, -0.05) is 24.6 Å². The highest BCUT2D eigenvalue weighted by Crippen LogP contribution is 2.40. The van der Waals surface area contributed by atoms with Crippen molar-refractivity contribution in [2.75, 3.05) is 45.9 Å². The molecule has 1 spiro atoms. The third-order valence-electron chi connectivity index (χ3n) is 6.65. The lowest BCUT2D eigenvalue weighted by Crippen LogP contribution is -2.82. The van der Waals surface area contributed by atoms with Crippen molar-refractivity contribution in [3.8, 4) is 0 Å². The fourth-order valence-corrected chi connectivity index (χ4v) is 5.12. The van der Waals surface area contributed by atoms with Gasteiger partial charge in [0.05, 0.1) is 24.8 Å². The fourth-order valence-electron chi connectivity index (χ4n) is 5.12. The van der Waals surface area contributed by atoms with Crippen LogP contribution in [-0.4, -0.2) is 84.2 Å². The molecular weight excluding hydrogens is 314 g/mol. The molecule has 0 N–H and O–H groups in total. The van der Waals surface area contributed by atoms with Crippen LogP contribution in [0.1, 0.15) is 29.6 Å². The monoisotopic (exact) mass is 341 g/mol. The lowest BCUT2D eigenvalue weighted by atomic mass is 9.78. The van der Waals surface area contributed by atoms with Gasteiger partial charge in [0.1, 0.15) is 0 Å². The van der Waals surface area contributed by atoms with E-state index >= 15 is 0 Å². The van der Waals surface area contributed by atoms with Crippen LogP contribution in [0.3, 0.4) is 0 Å². The van der Waals surface area contributed by atoms with Crippen molar-refractivity contribution in [2.24, 2.45) is 0 Å². The van der Waals surface area contributed by atoms with Gasteiger partial charge in [0.25, 0.3) is 5.91 Å². The van der Waals surface area contributed by atoms with Gasteiger partial charge in [0.2, 0.25) is 0 Å². The standard InChI is InChI=1S/C20H27N3O2/c24-19(16-5-2-1-3-6-16)21-11-18-12-25-10-9-23(18)20(13-21)14-22(15-20)17-7-4-8-17/h1-3,5-6,17-18H,4,7-15H2/t18-/m1/s1. The van der Waals surface area contributed by atoms with Crippen LogP contribution in [0.25, 0.3) is 0 Å². The van der Waals surface area contributed by atoms with Crippen LogP contribution in [0.5, 0.6) is 0 Å². The van der Waals surface area contributed by atoms with Crippen LogP contribution in [0.15, 0.2) is 30.3 Å². The van der Waals surface area contributed by atoms with Gasteiger partial charge in [0, 0.05) is 44.3 Å². The Bertz CT molecular complexity index is 640. The molecule has 0 bridgehead atoms. The molecule has 4 aliphatic rings. The number of benzene rings is 1. The Morgan fingerprint density at radius 3 is 2.60 bits per heavy atom. The first kappa shape index (κ1) is 15.8. The van der Waals surface area contributed by atoms with Crippen molar-refractivity contribution in [1.29, 1.82) is 0 Å². The Labute approximate surface area is 149 Å².